The third kappa shape index (κ3) is 4.67. The summed E-state index contributed by atoms with van der Waals surface area (Å²) >= 11 is 0. The molecule has 5 heteroatoms. The van der Waals surface area contributed by atoms with E-state index in [9.17, 15) is 4.79 Å². The second kappa shape index (κ2) is 9.49. The van der Waals surface area contributed by atoms with E-state index in [1.54, 1.807) is 6.26 Å². The van der Waals surface area contributed by atoms with Crippen LogP contribution < -0.4 is 10.1 Å². The largest absolute Gasteiger partial charge is 0.488 e. The topological polar surface area (TPSA) is 56.4 Å². The van der Waals surface area contributed by atoms with Crippen LogP contribution in [0, 0.1) is 0 Å². The lowest BCUT2D eigenvalue weighted by Crippen LogP contribution is -2.25. The first-order valence-corrected chi connectivity index (χ1v) is 10.9. The fourth-order valence-electron chi connectivity index (χ4n) is 3.91. The Balaban J connectivity index is 1.49. The molecule has 2 aromatic heterocycles. The van der Waals surface area contributed by atoms with E-state index in [4.69, 9.17) is 9.15 Å². The molecular formula is C28H24N2O3. The van der Waals surface area contributed by atoms with Crippen molar-refractivity contribution in [2.75, 3.05) is 0 Å². The van der Waals surface area contributed by atoms with E-state index in [1.165, 1.54) is 0 Å². The van der Waals surface area contributed by atoms with Crippen molar-refractivity contribution in [3.63, 3.8) is 0 Å². The quantitative estimate of drug-likeness (QED) is 0.335. The number of hydrogen-bond donors (Lipinski definition) is 1. The summed E-state index contributed by atoms with van der Waals surface area (Å²) in [6, 6.07) is 31.7. The number of amides is 1. The van der Waals surface area contributed by atoms with Crippen molar-refractivity contribution in [1.82, 2.24) is 9.88 Å². The lowest BCUT2D eigenvalue weighted by molar-refractivity contribution is 0.0939. The molecule has 5 aromatic rings. The van der Waals surface area contributed by atoms with Gasteiger partial charge in [0.05, 0.1) is 18.3 Å². The van der Waals surface area contributed by atoms with Gasteiger partial charge in [-0.1, -0.05) is 66.7 Å². The van der Waals surface area contributed by atoms with Crippen LogP contribution in [0.5, 0.6) is 5.75 Å². The van der Waals surface area contributed by atoms with Crippen LogP contribution in [0.3, 0.4) is 0 Å². The van der Waals surface area contributed by atoms with E-state index in [0.717, 1.165) is 27.8 Å². The van der Waals surface area contributed by atoms with Crippen LogP contribution in [-0.2, 0) is 19.7 Å². The Morgan fingerprint density at radius 3 is 2.33 bits per heavy atom. The summed E-state index contributed by atoms with van der Waals surface area (Å²) in [5.41, 5.74) is 3.74. The zero-order valence-electron chi connectivity index (χ0n) is 18.1. The van der Waals surface area contributed by atoms with Crippen molar-refractivity contribution in [2.24, 2.45) is 0 Å². The number of furan rings is 1. The minimum atomic E-state index is -0.160. The highest BCUT2D eigenvalue weighted by Gasteiger charge is 2.18. The Morgan fingerprint density at radius 2 is 1.61 bits per heavy atom. The number of nitrogens with zero attached hydrogens (tertiary/aromatic N) is 1. The van der Waals surface area contributed by atoms with Gasteiger partial charge in [-0.3, -0.25) is 4.79 Å². The summed E-state index contributed by atoms with van der Waals surface area (Å²) < 4.78 is 13.6. The number of rotatable bonds is 8. The molecule has 0 spiro atoms. The molecule has 0 atom stereocenters. The standard InChI is InChI=1S/C28H24N2O3/c31-28(29-18-23-13-8-16-32-23)26-17-24-25(30(26)19-21-9-3-1-4-10-21)14-7-15-27(24)33-20-22-11-5-2-6-12-22/h1-17H,18-20H2,(H,29,31). The van der Waals surface area contributed by atoms with Crippen molar-refractivity contribution in [2.45, 2.75) is 19.7 Å². The van der Waals surface area contributed by atoms with Crippen molar-refractivity contribution < 1.29 is 13.9 Å². The van der Waals surface area contributed by atoms with Gasteiger partial charge in [-0.15, -0.1) is 0 Å². The molecule has 0 unspecified atom stereocenters. The fourth-order valence-corrected chi connectivity index (χ4v) is 3.91. The predicted molar refractivity (Wildman–Crippen MR) is 128 cm³/mol. The minimum absolute atomic E-state index is 0.160. The van der Waals surface area contributed by atoms with Gasteiger partial charge < -0.3 is 19.0 Å². The molecule has 0 aliphatic rings. The first-order valence-electron chi connectivity index (χ1n) is 10.9. The fraction of sp³-hybridized carbons (Fsp3) is 0.107. The number of carbonyl (C=O) groups excluding carboxylic acids is 1. The third-order valence-electron chi connectivity index (χ3n) is 5.56. The summed E-state index contributed by atoms with van der Waals surface area (Å²) in [6.45, 7) is 1.37. The van der Waals surface area contributed by atoms with Gasteiger partial charge in [-0.05, 0) is 41.5 Å². The van der Waals surface area contributed by atoms with Crippen molar-refractivity contribution in [3.05, 3.63) is 126 Å². The van der Waals surface area contributed by atoms with Crippen LogP contribution in [0.1, 0.15) is 27.4 Å². The van der Waals surface area contributed by atoms with Gasteiger partial charge in [0, 0.05) is 11.9 Å². The number of nitrogens with one attached hydrogen (secondary N) is 1. The van der Waals surface area contributed by atoms with Gasteiger partial charge in [0.15, 0.2) is 0 Å². The highest BCUT2D eigenvalue weighted by Crippen LogP contribution is 2.30. The predicted octanol–water partition coefficient (Wildman–Crippen LogP) is 5.79. The number of ether oxygens (including phenoxy) is 1. The van der Waals surface area contributed by atoms with Crippen LogP contribution >= 0.6 is 0 Å². The highest BCUT2D eigenvalue weighted by atomic mass is 16.5. The zero-order chi connectivity index (χ0) is 22.5. The molecule has 5 nitrogen and oxygen atoms in total. The average Bonchev–Trinajstić information content (AvgIpc) is 3.51. The molecular weight excluding hydrogens is 412 g/mol. The smallest absolute Gasteiger partial charge is 0.268 e. The molecule has 33 heavy (non-hydrogen) atoms. The molecule has 0 fully saturated rings. The van der Waals surface area contributed by atoms with Crippen LogP contribution in [0.25, 0.3) is 10.9 Å². The van der Waals surface area contributed by atoms with Gasteiger partial charge in [0.2, 0.25) is 0 Å². The molecule has 1 N–H and O–H groups in total. The number of aromatic nitrogens is 1. The van der Waals surface area contributed by atoms with Crippen LogP contribution in [0.4, 0.5) is 0 Å². The van der Waals surface area contributed by atoms with E-state index >= 15 is 0 Å². The molecule has 5 rings (SSSR count). The summed E-state index contributed by atoms with van der Waals surface area (Å²) in [7, 11) is 0. The highest BCUT2D eigenvalue weighted by molar-refractivity contribution is 6.00. The van der Waals surface area contributed by atoms with E-state index in [2.05, 4.69) is 17.4 Å². The van der Waals surface area contributed by atoms with Crippen LogP contribution in [-0.4, -0.2) is 10.5 Å². The Kier molecular flexibility index (Phi) is 5.93. The number of hydrogen-bond acceptors (Lipinski definition) is 3. The molecule has 0 radical (unpaired) electrons. The number of carbonyl (C=O) groups is 1. The van der Waals surface area contributed by atoms with Crippen molar-refractivity contribution >= 4 is 16.8 Å². The van der Waals surface area contributed by atoms with E-state index in [1.807, 2.05) is 89.5 Å². The van der Waals surface area contributed by atoms with Gasteiger partial charge in [0.1, 0.15) is 23.8 Å². The maximum absolute atomic E-state index is 13.2. The molecule has 0 aliphatic heterocycles. The molecule has 2 heterocycles. The average molecular weight is 437 g/mol. The third-order valence-corrected chi connectivity index (χ3v) is 5.56. The molecule has 1 amide bonds. The lowest BCUT2D eigenvalue weighted by atomic mass is 10.2. The molecule has 3 aromatic carbocycles. The van der Waals surface area contributed by atoms with Crippen LogP contribution in [0.2, 0.25) is 0 Å². The molecule has 164 valence electrons. The summed E-state index contributed by atoms with van der Waals surface area (Å²) in [5.74, 6) is 1.30. The zero-order valence-corrected chi connectivity index (χ0v) is 18.1. The first kappa shape index (κ1) is 20.6. The molecule has 0 saturated heterocycles. The van der Waals surface area contributed by atoms with Gasteiger partial charge in [0.25, 0.3) is 5.91 Å². The van der Waals surface area contributed by atoms with Crippen molar-refractivity contribution in [3.8, 4) is 5.75 Å². The Morgan fingerprint density at radius 1 is 0.848 bits per heavy atom. The maximum Gasteiger partial charge on any atom is 0.268 e. The van der Waals surface area contributed by atoms with E-state index < -0.39 is 0 Å². The van der Waals surface area contributed by atoms with E-state index in [0.29, 0.717) is 31.2 Å². The minimum Gasteiger partial charge on any atom is -0.488 e. The molecule has 0 bridgehead atoms. The Labute approximate surface area is 192 Å². The van der Waals surface area contributed by atoms with Crippen molar-refractivity contribution in [1.29, 1.82) is 0 Å². The SMILES string of the molecule is O=C(NCc1ccco1)c1cc2c(OCc3ccccc3)cccc2n1Cc1ccccc1. The molecule has 0 saturated carbocycles. The van der Waals surface area contributed by atoms with Gasteiger partial charge in [-0.2, -0.15) is 0 Å². The summed E-state index contributed by atoms with van der Waals surface area (Å²) in [4.78, 5) is 13.2. The molecule has 0 aliphatic carbocycles. The second-order valence-electron chi connectivity index (χ2n) is 7.83. The number of benzene rings is 3. The Hall–Kier alpha value is -4.25. The maximum atomic E-state index is 13.2. The monoisotopic (exact) mass is 436 g/mol. The lowest BCUT2D eigenvalue weighted by Gasteiger charge is -2.12. The van der Waals surface area contributed by atoms with Gasteiger partial charge >= 0.3 is 0 Å². The summed E-state index contributed by atoms with van der Waals surface area (Å²) in [6.07, 6.45) is 1.60. The van der Waals surface area contributed by atoms with Crippen LogP contribution in [0.15, 0.2) is 108 Å². The van der Waals surface area contributed by atoms with E-state index in [-0.39, 0.29) is 5.91 Å². The van der Waals surface area contributed by atoms with Gasteiger partial charge in [-0.25, -0.2) is 0 Å². The summed E-state index contributed by atoms with van der Waals surface area (Å²) in [5, 5.41) is 3.88. The normalized spacial score (nSPS) is 10.9. The Bertz CT molecular complexity index is 1340. The first-order chi connectivity index (χ1) is 16.3. The second-order valence-corrected chi connectivity index (χ2v) is 7.83. The number of fused-ring (bicyclic) bond motifs is 1.